The molecule has 2 saturated heterocycles. The minimum Gasteiger partial charge on any atom is -0.453 e. The highest BCUT2D eigenvalue weighted by Gasteiger charge is 2.32. The van der Waals surface area contributed by atoms with Gasteiger partial charge in [0, 0.05) is 74.2 Å². The fraction of sp³-hybridized carbons (Fsp3) is 0.452. The minimum absolute atomic E-state index is 0.0473. The van der Waals surface area contributed by atoms with Crippen molar-refractivity contribution in [1.29, 1.82) is 0 Å². The van der Waals surface area contributed by atoms with E-state index in [0.717, 1.165) is 58.8 Å². The van der Waals surface area contributed by atoms with Gasteiger partial charge in [0.15, 0.2) is 9.34 Å². The third kappa shape index (κ3) is 7.13. The van der Waals surface area contributed by atoms with Crippen LogP contribution in [0.2, 0.25) is 0 Å². The SMILES string of the molecule is COC(=O)Nc1nc(C)c(S(=O)(=O)N2CCN(CC(C)Nc3ncnc4c(-c5cncc(CN6CCCC6)c5)cccc34)CC2)s1. The first kappa shape index (κ1) is 32.2. The molecule has 4 aromatic rings. The van der Waals surface area contributed by atoms with Crippen LogP contribution < -0.4 is 10.6 Å². The van der Waals surface area contributed by atoms with Crippen LogP contribution in [0.25, 0.3) is 22.0 Å². The number of nitrogens with zero attached hydrogens (tertiary/aromatic N) is 7. The predicted octanol–water partition coefficient (Wildman–Crippen LogP) is 4.04. The van der Waals surface area contributed by atoms with E-state index in [1.165, 1.54) is 29.8 Å². The average molecular weight is 666 g/mol. The maximum Gasteiger partial charge on any atom is 0.413 e. The first-order valence-electron chi connectivity index (χ1n) is 15.4. The highest BCUT2D eigenvalue weighted by molar-refractivity contribution is 7.91. The molecule has 13 nitrogen and oxygen atoms in total. The van der Waals surface area contributed by atoms with Crippen LogP contribution in [0.4, 0.5) is 15.7 Å². The Morgan fingerprint density at radius 1 is 1.07 bits per heavy atom. The Morgan fingerprint density at radius 2 is 1.85 bits per heavy atom. The first-order chi connectivity index (χ1) is 22.2. The highest BCUT2D eigenvalue weighted by atomic mass is 32.2. The summed E-state index contributed by atoms with van der Waals surface area (Å²) < 4.78 is 33.0. The van der Waals surface area contributed by atoms with Crippen molar-refractivity contribution >= 4 is 49.3 Å². The number of aryl methyl sites for hydroxylation is 1. The van der Waals surface area contributed by atoms with E-state index in [4.69, 9.17) is 0 Å². The Kier molecular flexibility index (Phi) is 9.75. The third-order valence-corrected chi connectivity index (χ3v) is 11.9. The number of pyridine rings is 1. The number of rotatable bonds is 10. The lowest BCUT2D eigenvalue weighted by molar-refractivity contribution is 0.184. The van der Waals surface area contributed by atoms with Crippen LogP contribution in [0.1, 0.15) is 31.0 Å². The van der Waals surface area contributed by atoms with Gasteiger partial charge in [-0.2, -0.15) is 4.31 Å². The number of hydrogen-bond acceptors (Lipinski definition) is 12. The molecule has 0 bridgehead atoms. The monoisotopic (exact) mass is 665 g/mol. The molecule has 15 heteroatoms. The minimum atomic E-state index is -3.74. The van der Waals surface area contributed by atoms with Gasteiger partial charge in [0.05, 0.1) is 18.3 Å². The van der Waals surface area contributed by atoms with E-state index in [1.54, 1.807) is 13.3 Å². The van der Waals surface area contributed by atoms with E-state index in [-0.39, 0.29) is 15.4 Å². The molecule has 2 aliphatic heterocycles. The van der Waals surface area contributed by atoms with Gasteiger partial charge in [0.1, 0.15) is 12.1 Å². The number of fused-ring (bicyclic) bond motifs is 1. The second-order valence-corrected chi connectivity index (χ2v) is 14.9. The molecule has 244 valence electrons. The smallest absolute Gasteiger partial charge is 0.413 e. The summed E-state index contributed by atoms with van der Waals surface area (Å²) >= 11 is 0.930. The molecule has 2 N–H and O–H groups in total. The van der Waals surface area contributed by atoms with E-state index in [2.05, 4.69) is 64.2 Å². The zero-order valence-corrected chi connectivity index (χ0v) is 27.9. The van der Waals surface area contributed by atoms with Crippen molar-refractivity contribution in [3.05, 3.63) is 54.2 Å². The standard InChI is InChI=1S/C31H39N9O4S2/c1-21(18-39-11-13-40(14-12-39)46(42,43)29-22(2)36-30(45-29)37-31(41)44-3)35-28-26-8-6-7-25(27(26)33-20-34-28)24-15-23(16-32-17-24)19-38-9-4-5-10-38/h6-8,15-17,20-21H,4-5,9-14,18-19H2,1-3H3,(H,33,34,35)(H,36,37,41). The molecule has 0 spiro atoms. The molecule has 2 fully saturated rings. The Hall–Kier alpha value is -3.76. The molecule has 6 rings (SSSR count). The molecule has 1 aromatic carbocycles. The Morgan fingerprint density at radius 3 is 2.61 bits per heavy atom. The van der Waals surface area contributed by atoms with Crippen LogP contribution >= 0.6 is 11.3 Å². The lowest BCUT2D eigenvalue weighted by Crippen LogP contribution is -2.50. The van der Waals surface area contributed by atoms with E-state index < -0.39 is 16.1 Å². The quantitative estimate of drug-likeness (QED) is 0.253. The summed E-state index contributed by atoms with van der Waals surface area (Å²) in [5.74, 6) is 0.763. The van der Waals surface area contributed by atoms with Gasteiger partial charge in [-0.05, 0) is 57.5 Å². The number of carbonyl (C=O) groups excluding carboxylic acids is 1. The summed E-state index contributed by atoms with van der Waals surface area (Å²) in [5.41, 5.74) is 4.48. The van der Waals surface area contributed by atoms with Crippen LogP contribution in [0.5, 0.6) is 0 Å². The van der Waals surface area contributed by atoms with Gasteiger partial charge in [0.2, 0.25) is 0 Å². The number of nitrogens with one attached hydrogen (secondary N) is 2. The Labute approximate surface area is 273 Å². The number of methoxy groups -OCH3 is 1. The molecule has 46 heavy (non-hydrogen) atoms. The largest absolute Gasteiger partial charge is 0.453 e. The predicted molar refractivity (Wildman–Crippen MR) is 178 cm³/mol. The zero-order chi connectivity index (χ0) is 32.3. The van der Waals surface area contributed by atoms with Crippen molar-refractivity contribution in [3.8, 4) is 11.1 Å². The van der Waals surface area contributed by atoms with Gasteiger partial charge in [-0.3, -0.25) is 20.1 Å². The van der Waals surface area contributed by atoms with Gasteiger partial charge in [0.25, 0.3) is 10.0 Å². The number of benzene rings is 1. The average Bonchev–Trinajstić information content (AvgIpc) is 3.70. The number of amides is 1. The van der Waals surface area contributed by atoms with Gasteiger partial charge < -0.3 is 10.1 Å². The number of carbonyl (C=O) groups is 1. The molecule has 1 amide bonds. The van der Waals surface area contributed by atoms with Gasteiger partial charge in [-0.25, -0.2) is 28.2 Å². The second-order valence-electron chi connectivity index (χ2n) is 11.7. The number of para-hydroxylation sites is 1. The molecule has 0 saturated carbocycles. The lowest BCUT2D eigenvalue weighted by atomic mass is 10.0. The van der Waals surface area contributed by atoms with Gasteiger partial charge in [-0.15, -0.1) is 0 Å². The van der Waals surface area contributed by atoms with Crippen molar-refractivity contribution in [1.82, 2.24) is 34.0 Å². The van der Waals surface area contributed by atoms with E-state index >= 15 is 0 Å². The summed E-state index contributed by atoms with van der Waals surface area (Å²) in [4.78, 5) is 34.2. The van der Waals surface area contributed by atoms with Crippen molar-refractivity contribution in [3.63, 3.8) is 0 Å². The summed E-state index contributed by atoms with van der Waals surface area (Å²) in [6.45, 7) is 9.52. The Bertz CT molecular complexity index is 1800. The fourth-order valence-electron chi connectivity index (χ4n) is 6.11. The number of ether oxygens (including phenoxy) is 1. The summed E-state index contributed by atoms with van der Waals surface area (Å²) in [5, 5.41) is 7.14. The van der Waals surface area contributed by atoms with Crippen LogP contribution in [-0.2, 0) is 21.3 Å². The van der Waals surface area contributed by atoms with Crippen LogP contribution in [0, 0.1) is 6.92 Å². The molecule has 0 aliphatic carbocycles. The fourth-order valence-corrected chi connectivity index (χ4v) is 9.06. The normalized spacial score (nSPS) is 17.3. The molecule has 1 atom stereocenters. The molecule has 3 aromatic heterocycles. The lowest BCUT2D eigenvalue weighted by Gasteiger charge is -2.35. The zero-order valence-electron chi connectivity index (χ0n) is 26.3. The second kappa shape index (κ2) is 13.9. The van der Waals surface area contributed by atoms with Crippen LogP contribution in [0.3, 0.4) is 0 Å². The van der Waals surface area contributed by atoms with Crippen LogP contribution in [-0.4, -0.2) is 108 Å². The molecule has 5 heterocycles. The van der Waals surface area contributed by atoms with Gasteiger partial charge in [-0.1, -0.05) is 23.5 Å². The third-order valence-electron chi connectivity index (χ3n) is 8.34. The Balaban J connectivity index is 1.09. The number of thiazole rings is 1. The summed E-state index contributed by atoms with van der Waals surface area (Å²) in [7, 11) is -2.50. The van der Waals surface area contributed by atoms with E-state index in [1.807, 2.05) is 24.5 Å². The van der Waals surface area contributed by atoms with Crippen molar-refractivity contribution in [2.75, 3.05) is 63.6 Å². The maximum atomic E-state index is 13.4. The topological polar surface area (TPSA) is 146 Å². The molecule has 1 unspecified atom stereocenters. The number of anilines is 2. The summed E-state index contributed by atoms with van der Waals surface area (Å²) in [6, 6.07) is 8.41. The van der Waals surface area contributed by atoms with Crippen molar-refractivity contribution < 1.29 is 17.9 Å². The van der Waals surface area contributed by atoms with Crippen molar-refractivity contribution in [2.45, 2.75) is 43.5 Å². The van der Waals surface area contributed by atoms with E-state index in [0.29, 0.717) is 38.4 Å². The van der Waals surface area contributed by atoms with Crippen molar-refractivity contribution in [2.24, 2.45) is 0 Å². The highest BCUT2D eigenvalue weighted by Crippen LogP contribution is 2.32. The summed E-state index contributed by atoms with van der Waals surface area (Å²) in [6.07, 6.45) is 7.26. The molecular weight excluding hydrogens is 627 g/mol. The molecular formula is C31H39N9O4S2. The molecule has 0 radical (unpaired) electrons. The molecule has 2 aliphatic rings. The number of piperazine rings is 1. The number of likely N-dealkylation sites (tertiary alicyclic amines) is 1. The number of aromatic nitrogens is 4. The first-order valence-corrected chi connectivity index (χ1v) is 17.7. The number of sulfonamides is 1. The maximum absolute atomic E-state index is 13.4. The van der Waals surface area contributed by atoms with Crippen LogP contribution in [0.15, 0.2) is 47.2 Å². The number of hydrogen-bond donors (Lipinski definition) is 2. The van der Waals surface area contributed by atoms with Gasteiger partial charge >= 0.3 is 6.09 Å². The van der Waals surface area contributed by atoms with E-state index in [9.17, 15) is 13.2 Å².